The Morgan fingerprint density at radius 2 is 1.63 bits per heavy atom. The number of carbonyl (C=O) groups excluding carboxylic acids is 1. The summed E-state index contributed by atoms with van der Waals surface area (Å²) in [5.74, 6) is -1.60. The van der Waals surface area contributed by atoms with Crippen LogP contribution in [0.5, 0.6) is 0 Å². The number of nitrogen functional groups attached to an aromatic ring is 2. The van der Waals surface area contributed by atoms with Crippen molar-refractivity contribution < 1.29 is 43.9 Å². The van der Waals surface area contributed by atoms with Gasteiger partial charge >= 0.3 is 12.4 Å². The monoisotopic (exact) mass is 978 g/mol. The van der Waals surface area contributed by atoms with Crippen molar-refractivity contribution in [3.8, 4) is 33.4 Å². The van der Waals surface area contributed by atoms with Crippen LogP contribution >= 0.6 is 11.3 Å². The lowest BCUT2D eigenvalue weighted by atomic mass is 9.85. The normalized spacial score (nSPS) is 15.9. The molecule has 7 N–H and O–H groups in total. The summed E-state index contributed by atoms with van der Waals surface area (Å²) in [7, 11) is -3.86. The van der Waals surface area contributed by atoms with Crippen molar-refractivity contribution in [3.05, 3.63) is 108 Å². The molecule has 0 bridgehead atoms. The number of rotatable bonds is 12. The van der Waals surface area contributed by atoms with Crippen LogP contribution in [0, 0.1) is 17.8 Å². The first-order valence-electron chi connectivity index (χ1n) is 21.1. The van der Waals surface area contributed by atoms with Crippen LogP contribution in [0.25, 0.3) is 54.5 Å². The average molecular weight is 979 g/mol. The molecule has 1 saturated heterocycles. The molecule has 1 aliphatic rings. The highest BCUT2D eigenvalue weighted by atomic mass is 32.2. The van der Waals surface area contributed by atoms with Crippen molar-refractivity contribution in [2.75, 3.05) is 39.6 Å². The highest BCUT2D eigenvalue weighted by Crippen LogP contribution is 2.51. The molecule has 1 unspecified atom stereocenters. The zero-order valence-electron chi connectivity index (χ0n) is 36.7. The number of para-hydroxylation sites is 1. The summed E-state index contributed by atoms with van der Waals surface area (Å²) >= 11 is 0.977. The molecular weight excluding hydrogens is 936 g/mol. The molecule has 0 aliphatic carbocycles. The predicted molar refractivity (Wildman–Crippen MR) is 252 cm³/mol. The van der Waals surface area contributed by atoms with Gasteiger partial charge in [-0.3, -0.25) is 14.4 Å². The van der Waals surface area contributed by atoms with E-state index in [2.05, 4.69) is 36.4 Å². The fourth-order valence-corrected chi connectivity index (χ4v) is 9.92. The van der Waals surface area contributed by atoms with Gasteiger partial charge in [0.25, 0.3) is 0 Å². The number of pyridine rings is 2. The number of fused-ring (bicyclic) bond motifs is 2. The van der Waals surface area contributed by atoms with Crippen molar-refractivity contribution in [2.24, 2.45) is 5.92 Å². The van der Waals surface area contributed by atoms with Crippen LogP contribution in [0.4, 0.5) is 58.9 Å². The molecule has 0 spiro atoms. The number of amides is 1. The van der Waals surface area contributed by atoms with E-state index in [0.717, 1.165) is 54.0 Å². The second-order valence-electron chi connectivity index (χ2n) is 17.0. The number of benzene rings is 4. The van der Waals surface area contributed by atoms with Gasteiger partial charge in [0.05, 0.1) is 39.3 Å². The smallest absolute Gasteiger partial charge is 0.384 e. The molecule has 68 heavy (non-hydrogen) atoms. The summed E-state index contributed by atoms with van der Waals surface area (Å²) in [6, 6.07) is 19.3. The van der Waals surface area contributed by atoms with Crippen molar-refractivity contribution in [2.45, 2.75) is 64.6 Å². The lowest BCUT2D eigenvalue weighted by molar-refractivity contribution is -0.141. The Balaban J connectivity index is 1.41. The second kappa shape index (κ2) is 18.1. The Kier molecular flexibility index (Phi) is 12.8. The minimum atomic E-state index is -4.95. The number of carbonyl (C=O) groups is 1. The van der Waals surface area contributed by atoms with Crippen molar-refractivity contribution in [1.29, 1.82) is 0 Å². The molecule has 1 fully saturated rings. The number of likely N-dealkylation sites (tertiary alicyclic amines) is 1. The lowest BCUT2D eigenvalue weighted by Crippen LogP contribution is -2.44. The Labute approximate surface area is 390 Å². The van der Waals surface area contributed by atoms with E-state index in [1.54, 1.807) is 30.3 Å². The molecule has 4 heterocycles. The van der Waals surface area contributed by atoms with Crippen LogP contribution in [0.15, 0.2) is 78.9 Å². The molecule has 4 aromatic carbocycles. The summed E-state index contributed by atoms with van der Waals surface area (Å²) in [4.78, 5) is 29.6. The summed E-state index contributed by atoms with van der Waals surface area (Å²) < 4.78 is 128. The van der Waals surface area contributed by atoms with Crippen molar-refractivity contribution in [1.82, 2.24) is 19.9 Å². The number of nitrogens with zero attached hydrogens (tertiary/aromatic N) is 4. The van der Waals surface area contributed by atoms with Gasteiger partial charge in [0, 0.05) is 69.7 Å². The minimum absolute atomic E-state index is 0.0127. The molecule has 8 rings (SSSR count). The summed E-state index contributed by atoms with van der Waals surface area (Å²) in [6.07, 6.45) is -7.82. The van der Waals surface area contributed by atoms with E-state index >= 15 is 4.39 Å². The number of hydrogen-bond donors (Lipinski definition) is 5. The average Bonchev–Trinajstić information content (AvgIpc) is 3.81. The fourth-order valence-electron chi connectivity index (χ4n) is 8.50. The Morgan fingerprint density at radius 1 is 0.882 bits per heavy atom. The maximum atomic E-state index is 15.2. The number of alkyl halides is 6. The second-order valence-corrected chi connectivity index (χ2v) is 19.8. The molecule has 21 heteroatoms. The summed E-state index contributed by atoms with van der Waals surface area (Å²) in [5, 5.41) is 6.32. The number of nitrogens with two attached hydrogens (primary N) is 2. The topological polar surface area (TPSA) is 181 Å². The molecule has 1 aliphatic heterocycles. The SMILES string of the molecule is CC(C)CN1C(C)CC[C@H]1C(=O)Nc1cc(C(F)(F)F)ccc1-c1c(-c2cccc3ccc(N)nc23)c(-c2ccc(C(F)(F)F)nc2NCc2ccc(NS(C)(=O)=O)c(F)c2)[c]c2nc(N)sc12. The van der Waals surface area contributed by atoms with Crippen LogP contribution in [-0.4, -0.2) is 59.1 Å². The highest BCUT2D eigenvalue weighted by Gasteiger charge is 2.38. The summed E-state index contributed by atoms with van der Waals surface area (Å²) in [5.41, 5.74) is 11.0. The van der Waals surface area contributed by atoms with Gasteiger partial charge in [0.15, 0.2) is 5.13 Å². The van der Waals surface area contributed by atoms with Gasteiger partial charge in [0.1, 0.15) is 23.1 Å². The molecule has 1 radical (unpaired) electrons. The molecule has 0 saturated carbocycles. The Bertz CT molecular complexity index is 3220. The van der Waals surface area contributed by atoms with Crippen LogP contribution in [0.3, 0.4) is 0 Å². The third kappa shape index (κ3) is 10.00. The quantitative estimate of drug-likeness (QED) is 0.0739. The van der Waals surface area contributed by atoms with Crippen LogP contribution in [0.1, 0.15) is 50.4 Å². The van der Waals surface area contributed by atoms with E-state index in [-0.39, 0.29) is 85.5 Å². The van der Waals surface area contributed by atoms with E-state index in [4.69, 9.17) is 11.5 Å². The molecule has 2 atom stereocenters. The zero-order valence-corrected chi connectivity index (χ0v) is 38.3. The fraction of sp³-hybridized carbons (Fsp3) is 0.277. The highest BCUT2D eigenvalue weighted by molar-refractivity contribution is 7.92. The minimum Gasteiger partial charge on any atom is -0.384 e. The van der Waals surface area contributed by atoms with Gasteiger partial charge in [0.2, 0.25) is 15.9 Å². The third-order valence-corrected chi connectivity index (χ3v) is 12.9. The first kappa shape index (κ1) is 47.9. The third-order valence-electron chi connectivity index (χ3n) is 11.4. The molecule has 3 aromatic heterocycles. The van der Waals surface area contributed by atoms with E-state index in [1.807, 2.05) is 25.7 Å². The van der Waals surface area contributed by atoms with Crippen LogP contribution in [0.2, 0.25) is 0 Å². The molecular formula is C47H43F7N9O3S2. The molecule has 7 aromatic rings. The van der Waals surface area contributed by atoms with E-state index < -0.39 is 51.4 Å². The van der Waals surface area contributed by atoms with Gasteiger partial charge in [-0.25, -0.2) is 27.8 Å². The first-order chi connectivity index (χ1) is 31.9. The van der Waals surface area contributed by atoms with Crippen LogP contribution < -0.4 is 26.8 Å². The predicted octanol–water partition coefficient (Wildman–Crippen LogP) is 10.8. The Morgan fingerprint density at radius 3 is 2.32 bits per heavy atom. The van der Waals surface area contributed by atoms with Gasteiger partial charge in [-0.05, 0) is 79.8 Å². The number of halogens is 7. The van der Waals surface area contributed by atoms with E-state index in [1.165, 1.54) is 12.1 Å². The van der Waals surface area contributed by atoms with Crippen molar-refractivity contribution >= 4 is 76.5 Å². The maximum absolute atomic E-state index is 15.2. The largest absolute Gasteiger partial charge is 0.433 e. The number of nitrogens with one attached hydrogen (secondary N) is 3. The maximum Gasteiger partial charge on any atom is 0.433 e. The molecule has 1 amide bonds. The number of thiazole rings is 1. The Hall–Kier alpha value is -6.58. The molecule has 12 nitrogen and oxygen atoms in total. The van der Waals surface area contributed by atoms with Crippen molar-refractivity contribution in [3.63, 3.8) is 0 Å². The standard InChI is InChI=1S/C47H43F7N9O3S2/c1-23(2)22-63-24(3)8-15-36(63)44(64)58-34-19-27(46(49,50)51)11-12-29(34)40-39(30-7-5-6-26-10-17-38(55)61-41(26)30)31(20-35-42(40)67-45(56)59-35)28-13-16-37(47(52,53)54)60-43(28)57-21-25-9-14-33(32(48)18-25)62-68(4,65)66/h5-7,9-14,16-19,23-24,36,62H,8,15,21-22H2,1-4H3,(H2,55,61)(H2,56,59)(H,57,60)(H,58,64)/t24?,36-/m0/s1. The van der Waals surface area contributed by atoms with Gasteiger partial charge in [-0.15, -0.1) is 0 Å². The van der Waals surface area contributed by atoms with Gasteiger partial charge in [-0.2, -0.15) is 26.3 Å². The van der Waals surface area contributed by atoms with E-state index in [0.29, 0.717) is 40.6 Å². The van der Waals surface area contributed by atoms with E-state index in [9.17, 15) is 39.6 Å². The summed E-state index contributed by atoms with van der Waals surface area (Å²) in [6.45, 7) is 6.23. The number of sulfonamides is 1. The number of aromatic nitrogens is 3. The first-order valence-corrected chi connectivity index (χ1v) is 23.8. The molecule has 355 valence electrons. The van der Waals surface area contributed by atoms with Gasteiger partial charge < -0.3 is 22.1 Å². The number of anilines is 5. The van der Waals surface area contributed by atoms with Gasteiger partial charge in [-0.1, -0.05) is 55.5 Å². The van der Waals surface area contributed by atoms with Crippen LogP contribution in [-0.2, 0) is 33.7 Å². The lowest BCUT2D eigenvalue weighted by Gasteiger charge is -2.29. The zero-order chi connectivity index (χ0) is 49.0. The number of hydrogen-bond acceptors (Lipinski definition) is 11.